The Morgan fingerprint density at radius 3 is 1.41 bits per heavy atom. The van der Waals surface area contributed by atoms with Crippen LogP contribution >= 0.6 is 7.82 Å². The first-order valence-electron chi connectivity index (χ1n) is 19.0. The second-order valence-corrected chi connectivity index (χ2v) is 13.6. The number of carbonyl (C=O) groups is 2. The van der Waals surface area contributed by atoms with Gasteiger partial charge < -0.3 is 9.47 Å². The number of hydrogen-bond donors (Lipinski definition) is 0. The summed E-state index contributed by atoms with van der Waals surface area (Å²) in [6.07, 6.45) is 46.9. The molecule has 288 valence electrons. The standard InChI is InChI=1S/C42H67O8P/c1-5-8-10-12-14-16-18-20-22-24-26-28-30-32-34-36-41(43)47-38-40(39-49-51(45,46-4)48-7-3)50-42(44)37-35-33-31-29-27-25-23-21-19-17-15-13-11-9-6-2/h18-33,40H,5-17,34-39H2,1-4H3/b20-18+,21-19+,24-22+,25-23+,28-26+,29-27+,32-30+,33-31+. The quantitative estimate of drug-likeness (QED) is 0.0285. The fraction of sp³-hybridized carbons (Fsp3) is 0.571. The number of phosphoric ester groups is 1. The fourth-order valence-electron chi connectivity index (χ4n) is 4.44. The maximum atomic E-state index is 12.5. The summed E-state index contributed by atoms with van der Waals surface area (Å²) in [4.78, 5) is 24.9. The number of ether oxygens (including phenoxy) is 2. The molecule has 0 rings (SSSR count). The molecule has 0 saturated carbocycles. The van der Waals surface area contributed by atoms with E-state index < -0.39 is 25.9 Å². The largest absolute Gasteiger partial charge is 0.474 e. The molecular weight excluding hydrogens is 663 g/mol. The normalized spacial score (nSPS) is 14.5. The molecule has 51 heavy (non-hydrogen) atoms. The van der Waals surface area contributed by atoms with Crippen LogP contribution in [0.3, 0.4) is 0 Å². The van der Waals surface area contributed by atoms with E-state index in [0.717, 1.165) is 12.8 Å². The molecule has 0 N–H and O–H groups in total. The molecule has 9 heteroatoms. The van der Waals surface area contributed by atoms with Crippen LogP contribution < -0.4 is 0 Å². The van der Waals surface area contributed by atoms with Crippen LogP contribution in [0.1, 0.15) is 124 Å². The summed E-state index contributed by atoms with van der Waals surface area (Å²) in [6.45, 7) is 5.63. The zero-order valence-corrected chi connectivity index (χ0v) is 32.9. The molecule has 0 aliphatic rings. The van der Waals surface area contributed by atoms with Gasteiger partial charge in [0.1, 0.15) is 6.61 Å². The molecule has 0 saturated heterocycles. The number of allylic oxidation sites excluding steroid dienone is 16. The van der Waals surface area contributed by atoms with E-state index in [1.54, 1.807) is 6.92 Å². The highest BCUT2D eigenvalue weighted by Crippen LogP contribution is 2.48. The predicted octanol–water partition coefficient (Wildman–Crippen LogP) is 12.0. The van der Waals surface area contributed by atoms with Crippen molar-refractivity contribution in [3.8, 4) is 0 Å². The zero-order chi connectivity index (χ0) is 37.5. The third kappa shape index (κ3) is 33.9. The fourth-order valence-corrected chi connectivity index (χ4v) is 5.39. The topological polar surface area (TPSA) is 97.4 Å². The number of hydrogen-bond acceptors (Lipinski definition) is 8. The third-order valence-corrected chi connectivity index (χ3v) is 8.78. The minimum Gasteiger partial charge on any atom is -0.462 e. The summed E-state index contributed by atoms with van der Waals surface area (Å²) >= 11 is 0. The number of carbonyl (C=O) groups excluding carboxylic acids is 2. The van der Waals surface area contributed by atoms with Gasteiger partial charge in [-0.05, 0) is 45.4 Å². The summed E-state index contributed by atoms with van der Waals surface area (Å²) in [5.41, 5.74) is 0. The molecule has 0 radical (unpaired) electrons. The Hall–Kier alpha value is -3.03. The van der Waals surface area contributed by atoms with Crippen LogP contribution in [-0.2, 0) is 37.2 Å². The first-order chi connectivity index (χ1) is 24.9. The third-order valence-electron chi connectivity index (χ3n) is 7.29. The van der Waals surface area contributed by atoms with E-state index in [9.17, 15) is 14.2 Å². The molecule has 2 unspecified atom stereocenters. The van der Waals surface area contributed by atoms with E-state index in [1.165, 1.54) is 71.3 Å². The van der Waals surface area contributed by atoms with Crippen molar-refractivity contribution in [2.75, 3.05) is 26.9 Å². The van der Waals surface area contributed by atoms with E-state index in [4.69, 9.17) is 23.0 Å². The second kappa shape index (κ2) is 36.8. The molecule has 0 amide bonds. The van der Waals surface area contributed by atoms with Gasteiger partial charge in [-0.15, -0.1) is 0 Å². The molecule has 0 spiro atoms. The first-order valence-corrected chi connectivity index (χ1v) is 20.5. The highest BCUT2D eigenvalue weighted by Gasteiger charge is 2.28. The van der Waals surface area contributed by atoms with Crippen LogP contribution in [0.5, 0.6) is 0 Å². The minimum absolute atomic E-state index is 0.103. The monoisotopic (exact) mass is 730 g/mol. The summed E-state index contributed by atoms with van der Waals surface area (Å²) in [6, 6.07) is 0. The van der Waals surface area contributed by atoms with Crippen molar-refractivity contribution in [1.82, 2.24) is 0 Å². The van der Waals surface area contributed by atoms with E-state index >= 15 is 0 Å². The molecule has 2 atom stereocenters. The van der Waals surface area contributed by atoms with Gasteiger partial charge in [-0.1, -0.05) is 162 Å². The Morgan fingerprint density at radius 1 is 0.529 bits per heavy atom. The van der Waals surface area contributed by atoms with Gasteiger partial charge in [-0.2, -0.15) is 0 Å². The van der Waals surface area contributed by atoms with Crippen molar-refractivity contribution in [2.24, 2.45) is 0 Å². The Labute approximate surface area is 310 Å². The highest BCUT2D eigenvalue weighted by molar-refractivity contribution is 7.48. The molecule has 0 aliphatic carbocycles. The summed E-state index contributed by atoms with van der Waals surface area (Å²) in [7, 11) is -2.63. The van der Waals surface area contributed by atoms with Crippen molar-refractivity contribution in [3.05, 3.63) is 97.2 Å². The van der Waals surface area contributed by atoms with Crippen LogP contribution in [0.4, 0.5) is 0 Å². The smallest absolute Gasteiger partial charge is 0.462 e. The number of phosphoric acid groups is 1. The predicted molar refractivity (Wildman–Crippen MR) is 211 cm³/mol. The molecule has 0 aliphatic heterocycles. The average Bonchev–Trinajstić information content (AvgIpc) is 3.12. The lowest BCUT2D eigenvalue weighted by Crippen LogP contribution is -2.29. The van der Waals surface area contributed by atoms with Gasteiger partial charge in [-0.3, -0.25) is 23.2 Å². The maximum absolute atomic E-state index is 12.5. The molecule has 0 aromatic carbocycles. The van der Waals surface area contributed by atoms with Crippen LogP contribution in [0.2, 0.25) is 0 Å². The van der Waals surface area contributed by atoms with Gasteiger partial charge in [-0.25, -0.2) is 4.57 Å². The lowest BCUT2D eigenvalue weighted by Gasteiger charge is -2.21. The van der Waals surface area contributed by atoms with E-state index in [1.807, 2.05) is 72.9 Å². The van der Waals surface area contributed by atoms with Crippen LogP contribution in [0.15, 0.2) is 97.2 Å². The van der Waals surface area contributed by atoms with Crippen LogP contribution in [0, 0.1) is 0 Å². The Kier molecular flexibility index (Phi) is 34.6. The van der Waals surface area contributed by atoms with Gasteiger partial charge in [0, 0.05) is 20.0 Å². The first kappa shape index (κ1) is 48.0. The SMILES string of the molecule is CCCCCCC/C=C/C=C/C=C/C=C/CCC(=O)OCC(COP(=O)(OC)OCC)OC(=O)CC/C=C/C=C/C=C/C=C/CCCCCCC. The van der Waals surface area contributed by atoms with E-state index in [0.29, 0.717) is 12.8 Å². The van der Waals surface area contributed by atoms with Gasteiger partial charge in [0.25, 0.3) is 0 Å². The van der Waals surface area contributed by atoms with Crippen molar-refractivity contribution < 1.29 is 37.2 Å². The van der Waals surface area contributed by atoms with E-state index in [-0.39, 0.29) is 32.7 Å². The molecule has 0 fully saturated rings. The average molecular weight is 731 g/mol. The molecule has 0 aromatic rings. The summed E-state index contributed by atoms with van der Waals surface area (Å²) in [5.74, 6) is -0.954. The zero-order valence-electron chi connectivity index (χ0n) is 32.0. The Balaban J connectivity index is 4.60. The highest BCUT2D eigenvalue weighted by atomic mass is 31.2. The number of rotatable bonds is 33. The minimum atomic E-state index is -3.83. The lowest BCUT2D eigenvalue weighted by atomic mass is 10.1. The van der Waals surface area contributed by atoms with Gasteiger partial charge in [0.2, 0.25) is 0 Å². The van der Waals surface area contributed by atoms with Gasteiger partial charge >= 0.3 is 19.8 Å². The van der Waals surface area contributed by atoms with Crippen LogP contribution in [-0.4, -0.2) is 45.0 Å². The van der Waals surface area contributed by atoms with Gasteiger partial charge in [0.05, 0.1) is 13.2 Å². The molecule has 0 heterocycles. The molecule has 8 nitrogen and oxygen atoms in total. The van der Waals surface area contributed by atoms with Crippen molar-refractivity contribution in [1.29, 1.82) is 0 Å². The van der Waals surface area contributed by atoms with Crippen molar-refractivity contribution in [3.63, 3.8) is 0 Å². The molecule has 0 bridgehead atoms. The van der Waals surface area contributed by atoms with E-state index in [2.05, 4.69) is 38.2 Å². The van der Waals surface area contributed by atoms with Crippen LogP contribution in [0.25, 0.3) is 0 Å². The molecule has 0 aromatic heterocycles. The number of esters is 2. The van der Waals surface area contributed by atoms with Gasteiger partial charge in [0.15, 0.2) is 6.10 Å². The van der Waals surface area contributed by atoms with Crippen molar-refractivity contribution in [2.45, 2.75) is 130 Å². The van der Waals surface area contributed by atoms with Crippen molar-refractivity contribution >= 4 is 19.8 Å². The summed E-state index contributed by atoms with van der Waals surface area (Å²) < 4.78 is 38.6. The maximum Gasteiger partial charge on any atom is 0.474 e. The molecular formula is C42H67O8P. The Bertz CT molecular complexity index is 1150. The second-order valence-electron chi connectivity index (χ2n) is 11.9. The Morgan fingerprint density at radius 2 is 0.961 bits per heavy atom. The summed E-state index contributed by atoms with van der Waals surface area (Å²) in [5, 5.41) is 0. The number of unbranched alkanes of at least 4 members (excludes halogenated alkanes) is 10. The lowest BCUT2D eigenvalue weighted by molar-refractivity contribution is -0.161.